The molecular weight excluding hydrogens is 290 g/mol. The molecule has 1 amide bonds. The molecule has 3 rings (SSSR count). The number of nitrogens with zero attached hydrogens (tertiary/aromatic N) is 4. The van der Waals surface area contributed by atoms with Crippen molar-refractivity contribution in [1.82, 2.24) is 25.1 Å². The number of carbonyl (C=O) groups is 1. The number of pyridine rings is 2. The Morgan fingerprint density at radius 1 is 1.17 bits per heavy atom. The van der Waals surface area contributed by atoms with Crippen LogP contribution in [0.4, 0.5) is 0 Å². The van der Waals surface area contributed by atoms with Gasteiger partial charge >= 0.3 is 0 Å². The molecule has 6 heteroatoms. The quantitative estimate of drug-likeness (QED) is 0.732. The summed E-state index contributed by atoms with van der Waals surface area (Å²) >= 11 is 0. The molecule has 0 radical (unpaired) electrons. The summed E-state index contributed by atoms with van der Waals surface area (Å²) < 4.78 is 1.67. The van der Waals surface area contributed by atoms with Crippen LogP contribution in [-0.4, -0.2) is 25.7 Å². The van der Waals surface area contributed by atoms with Crippen LogP contribution < -0.4 is 5.32 Å². The Kier molecular flexibility index (Phi) is 4.54. The highest BCUT2D eigenvalue weighted by molar-refractivity contribution is 5.91. The van der Waals surface area contributed by atoms with Gasteiger partial charge in [-0.2, -0.15) is 5.10 Å². The molecule has 0 fully saturated rings. The van der Waals surface area contributed by atoms with Crippen LogP contribution in [0.5, 0.6) is 0 Å². The first-order valence-electron chi connectivity index (χ1n) is 7.13. The first kappa shape index (κ1) is 14.6. The molecule has 3 aromatic rings. The van der Waals surface area contributed by atoms with Crippen LogP contribution in [-0.2, 0) is 11.3 Å². The third-order valence-corrected chi connectivity index (χ3v) is 3.15. The Morgan fingerprint density at radius 3 is 2.87 bits per heavy atom. The molecule has 1 N–H and O–H groups in total. The van der Waals surface area contributed by atoms with Gasteiger partial charge in [0.1, 0.15) is 0 Å². The van der Waals surface area contributed by atoms with Gasteiger partial charge in [-0.3, -0.25) is 9.78 Å². The molecule has 0 aliphatic carbocycles. The lowest BCUT2D eigenvalue weighted by molar-refractivity contribution is -0.116. The molecule has 0 unspecified atom stereocenters. The smallest absolute Gasteiger partial charge is 0.244 e. The van der Waals surface area contributed by atoms with Crippen molar-refractivity contribution >= 4 is 12.0 Å². The van der Waals surface area contributed by atoms with Gasteiger partial charge in [-0.1, -0.05) is 12.1 Å². The van der Waals surface area contributed by atoms with Crippen LogP contribution >= 0.6 is 0 Å². The van der Waals surface area contributed by atoms with Crippen LogP contribution in [0.3, 0.4) is 0 Å². The zero-order chi connectivity index (χ0) is 15.9. The SMILES string of the molecule is O=C(C=Cc1cccnc1)NCc1cccnc1-n1cccn1. The van der Waals surface area contributed by atoms with Crippen molar-refractivity contribution in [1.29, 1.82) is 0 Å². The minimum Gasteiger partial charge on any atom is -0.348 e. The summed E-state index contributed by atoms with van der Waals surface area (Å²) in [5.41, 5.74) is 1.76. The molecule has 0 aromatic carbocycles. The number of hydrogen-bond donors (Lipinski definition) is 1. The number of carbonyl (C=O) groups excluding carboxylic acids is 1. The fraction of sp³-hybridized carbons (Fsp3) is 0.0588. The number of aromatic nitrogens is 4. The Morgan fingerprint density at radius 2 is 2.09 bits per heavy atom. The maximum Gasteiger partial charge on any atom is 0.244 e. The lowest BCUT2D eigenvalue weighted by atomic mass is 10.2. The zero-order valence-electron chi connectivity index (χ0n) is 12.3. The molecule has 0 atom stereocenters. The lowest BCUT2D eigenvalue weighted by Gasteiger charge is -2.08. The highest BCUT2D eigenvalue weighted by Gasteiger charge is 2.06. The van der Waals surface area contributed by atoms with Gasteiger partial charge in [-0.25, -0.2) is 9.67 Å². The summed E-state index contributed by atoms with van der Waals surface area (Å²) in [5, 5.41) is 7.02. The number of hydrogen-bond acceptors (Lipinski definition) is 4. The van der Waals surface area contributed by atoms with E-state index in [-0.39, 0.29) is 5.91 Å². The number of rotatable bonds is 5. The average Bonchev–Trinajstić information content (AvgIpc) is 3.14. The van der Waals surface area contributed by atoms with Gasteiger partial charge in [0.2, 0.25) is 5.91 Å². The predicted octanol–water partition coefficient (Wildman–Crippen LogP) is 1.99. The first-order valence-corrected chi connectivity index (χ1v) is 7.13. The maximum absolute atomic E-state index is 11.9. The van der Waals surface area contributed by atoms with Crippen molar-refractivity contribution in [2.75, 3.05) is 0 Å². The molecule has 3 heterocycles. The Hall–Kier alpha value is -3.28. The van der Waals surface area contributed by atoms with Crippen LogP contribution in [0.15, 0.2) is 67.4 Å². The minimum absolute atomic E-state index is 0.177. The van der Waals surface area contributed by atoms with Gasteiger partial charge in [0, 0.05) is 49.2 Å². The molecule has 0 saturated heterocycles. The molecule has 6 nitrogen and oxygen atoms in total. The van der Waals surface area contributed by atoms with Gasteiger partial charge in [0.05, 0.1) is 0 Å². The molecule has 0 spiro atoms. The fourth-order valence-electron chi connectivity index (χ4n) is 2.06. The van der Waals surface area contributed by atoms with Gasteiger partial charge < -0.3 is 5.32 Å². The van der Waals surface area contributed by atoms with Crippen molar-refractivity contribution in [3.63, 3.8) is 0 Å². The van der Waals surface area contributed by atoms with E-state index in [1.165, 1.54) is 6.08 Å². The van der Waals surface area contributed by atoms with Gasteiger partial charge in [0.15, 0.2) is 5.82 Å². The third-order valence-electron chi connectivity index (χ3n) is 3.15. The van der Waals surface area contributed by atoms with E-state index in [0.29, 0.717) is 12.4 Å². The van der Waals surface area contributed by atoms with Crippen molar-refractivity contribution in [2.24, 2.45) is 0 Å². The normalized spacial score (nSPS) is 10.8. The summed E-state index contributed by atoms with van der Waals surface area (Å²) in [5.74, 6) is 0.526. The molecule has 114 valence electrons. The summed E-state index contributed by atoms with van der Waals surface area (Å²) in [4.78, 5) is 20.2. The van der Waals surface area contributed by atoms with Gasteiger partial charge in [-0.15, -0.1) is 0 Å². The highest BCUT2D eigenvalue weighted by atomic mass is 16.1. The summed E-state index contributed by atoms with van der Waals surface area (Å²) in [6, 6.07) is 9.28. The first-order chi connectivity index (χ1) is 11.3. The zero-order valence-corrected chi connectivity index (χ0v) is 12.3. The van der Waals surface area contributed by atoms with E-state index >= 15 is 0 Å². The molecule has 0 aliphatic rings. The van der Waals surface area contributed by atoms with Crippen molar-refractivity contribution in [3.8, 4) is 5.82 Å². The lowest BCUT2D eigenvalue weighted by Crippen LogP contribution is -2.21. The van der Waals surface area contributed by atoms with Gasteiger partial charge in [-0.05, 0) is 29.8 Å². The minimum atomic E-state index is -0.177. The topological polar surface area (TPSA) is 72.7 Å². The van der Waals surface area contributed by atoms with Crippen molar-refractivity contribution < 1.29 is 4.79 Å². The molecule has 0 bridgehead atoms. The molecule has 23 heavy (non-hydrogen) atoms. The van der Waals surface area contributed by atoms with E-state index in [9.17, 15) is 4.79 Å². The van der Waals surface area contributed by atoms with Crippen LogP contribution in [0.1, 0.15) is 11.1 Å². The Bertz CT molecular complexity index is 797. The van der Waals surface area contributed by atoms with Crippen LogP contribution in [0.25, 0.3) is 11.9 Å². The number of nitrogens with one attached hydrogen (secondary N) is 1. The largest absolute Gasteiger partial charge is 0.348 e. The summed E-state index contributed by atoms with van der Waals surface area (Å²) in [6.07, 6.45) is 11.8. The molecule has 3 aromatic heterocycles. The molecule has 0 aliphatic heterocycles. The monoisotopic (exact) mass is 305 g/mol. The van der Waals surface area contributed by atoms with E-state index in [0.717, 1.165) is 11.1 Å². The highest BCUT2D eigenvalue weighted by Crippen LogP contribution is 2.09. The third kappa shape index (κ3) is 3.88. The van der Waals surface area contributed by atoms with E-state index in [4.69, 9.17) is 0 Å². The number of amides is 1. The Balaban J connectivity index is 1.65. The maximum atomic E-state index is 11.9. The second-order valence-electron chi connectivity index (χ2n) is 4.77. The molecular formula is C17H15N5O. The molecule has 0 saturated carbocycles. The van der Waals surface area contributed by atoms with Crippen molar-refractivity contribution in [3.05, 3.63) is 78.5 Å². The fourth-order valence-corrected chi connectivity index (χ4v) is 2.06. The summed E-state index contributed by atoms with van der Waals surface area (Å²) in [7, 11) is 0. The van der Waals surface area contributed by atoms with Crippen molar-refractivity contribution in [2.45, 2.75) is 6.54 Å². The van der Waals surface area contributed by atoms with E-state index in [1.54, 1.807) is 35.5 Å². The second-order valence-corrected chi connectivity index (χ2v) is 4.77. The van der Waals surface area contributed by atoms with E-state index < -0.39 is 0 Å². The van der Waals surface area contributed by atoms with Gasteiger partial charge in [0.25, 0.3) is 0 Å². The average molecular weight is 305 g/mol. The summed E-state index contributed by atoms with van der Waals surface area (Å²) in [6.45, 7) is 0.374. The van der Waals surface area contributed by atoms with E-state index in [1.807, 2.05) is 36.5 Å². The standard InChI is InChI=1S/C17H15N5O/c23-16(7-6-14-4-1-8-18-12-14)20-13-15-5-2-9-19-17(15)22-11-3-10-21-22/h1-12H,13H2,(H,20,23). The second kappa shape index (κ2) is 7.13. The predicted molar refractivity (Wildman–Crippen MR) is 86.5 cm³/mol. The van der Waals surface area contributed by atoms with E-state index in [2.05, 4.69) is 20.4 Å². The van der Waals surface area contributed by atoms with Crippen LogP contribution in [0, 0.1) is 0 Å². The Labute approximate surface area is 133 Å². The van der Waals surface area contributed by atoms with Crippen LogP contribution in [0.2, 0.25) is 0 Å².